The monoisotopic (exact) mass is 297 g/mol. The zero-order chi connectivity index (χ0) is 14.9. The smallest absolute Gasteiger partial charge is 0.244 e. The molecule has 1 heterocycles. The van der Waals surface area contributed by atoms with Crippen LogP contribution in [0, 0.1) is 0 Å². The molecular weight excluding hydrogens is 278 g/mol. The Morgan fingerprint density at radius 1 is 1.45 bits per heavy atom. The molecule has 1 amide bonds. The molecule has 2 rings (SSSR count). The van der Waals surface area contributed by atoms with Gasteiger partial charge < -0.3 is 11.1 Å². The molecule has 110 valence electrons. The highest BCUT2D eigenvalue weighted by Crippen LogP contribution is 2.25. The summed E-state index contributed by atoms with van der Waals surface area (Å²) >= 11 is 0. The van der Waals surface area contributed by atoms with Crippen molar-refractivity contribution in [3.63, 3.8) is 0 Å². The highest BCUT2D eigenvalue weighted by molar-refractivity contribution is 7.89. The molecule has 1 aliphatic heterocycles. The van der Waals surface area contributed by atoms with Gasteiger partial charge in [0.25, 0.3) is 0 Å². The number of anilines is 1. The SMILES string of the molecule is CCc1ccc(N)cc1S(=O)(=O)N1CCNC(=O)C1C. The van der Waals surface area contributed by atoms with Gasteiger partial charge in [0, 0.05) is 18.8 Å². The molecule has 1 saturated heterocycles. The maximum atomic E-state index is 12.8. The number of carbonyl (C=O) groups excluding carboxylic acids is 1. The predicted octanol–water partition coefficient (Wildman–Crippen LogP) is 0.340. The van der Waals surface area contributed by atoms with Gasteiger partial charge in [0.2, 0.25) is 15.9 Å². The molecule has 7 heteroatoms. The summed E-state index contributed by atoms with van der Waals surface area (Å²) in [6.45, 7) is 4.07. The summed E-state index contributed by atoms with van der Waals surface area (Å²) in [5.41, 5.74) is 6.81. The van der Waals surface area contributed by atoms with Crippen molar-refractivity contribution in [1.82, 2.24) is 9.62 Å². The largest absolute Gasteiger partial charge is 0.399 e. The normalized spacial score (nSPS) is 20.7. The molecule has 0 radical (unpaired) electrons. The molecule has 0 bridgehead atoms. The fraction of sp³-hybridized carbons (Fsp3) is 0.462. The maximum Gasteiger partial charge on any atom is 0.244 e. The zero-order valence-corrected chi connectivity index (χ0v) is 12.4. The number of piperazine rings is 1. The lowest BCUT2D eigenvalue weighted by Gasteiger charge is -2.32. The second-order valence-electron chi connectivity index (χ2n) is 4.80. The lowest BCUT2D eigenvalue weighted by Crippen LogP contribution is -2.55. The van der Waals surface area contributed by atoms with E-state index in [1.165, 1.54) is 10.4 Å². The number of nitrogens with one attached hydrogen (secondary N) is 1. The van der Waals surface area contributed by atoms with Crippen molar-refractivity contribution in [3.05, 3.63) is 23.8 Å². The van der Waals surface area contributed by atoms with Gasteiger partial charge in [-0.15, -0.1) is 0 Å². The average Bonchev–Trinajstić information content (AvgIpc) is 2.41. The van der Waals surface area contributed by atoms with Crippen LogP contribution in [0.2, 0.25) is 0 Å². The van der Waals surface area contributed by atoms with Gasteiger partial charge in [-0.25, -0.2) is 8.42 Å². The van der Waals surface area contributed by atoms with E-state index in [1.807, 2.05) is 6.92 Å². The van der Waals surface area contributed by atoms with Gasteiger partial charge in [-0.2, -0.15) is 4.31 Å². The molecule has 1 unspecified atom stereocenters. The van der Waals surface area contributed by atoms with E-state index in [0.29, 0.717) is 24.2 Å². The minimum atomic E-state index is -3.72. The summed E-state index contributed by atoms with van der Waals surface area (Å²) < 4.78 is 26.8. The van der Waals surface area contributed by atoms with Gasteiger partial charge in [-0.05, 0) is 31.0 Å². The first-order valence-electron chi connectivity index (χ1n) is 6.56. The highest BCUT2D eigenvalue weighted by Gasteiger charge is 2.36. The topological polar surface area (TPSA) is 92.5 Å². The van der Waals surface area contributed by atoms with E-state index in [1.54, 1.807) is 19.1 Å². The van der Waals surface area contributed by atoms with Crippen molar-refractivity contribution in [2.75, 3.05) is 18.8 Å². The summed E-state index contributed by atoms with van der Waals surface area (Å²) in [6, 6.07) is 4.16. The van der Waals surface area contributed by atoms with Crippen molar-refractivity contribution in [2.45, 2.75) is 31.2 Å². The Morgan fingerprint density at radius 3 is 2.80 bits per heavy atom. The van der Waals surface area contributed by atoms with Crippen LogP contribution in [0.5, 0.6) is 0 Å². The number of nitrogens with zero attached hydrogens (tertiary/aromatic N) is 1. The Balaban J connectivity index is 2.49. The Morgan fingerprint density at radius 2 is 2.15 bits per heavy atom. The number of carbonyl (C=O) groups is 1. The molecule has 20 heavy (non-hydrogen) atoms. The number of hydrogen-bond acceptors (Lipinski definition) is 4. The minimum Gasteiger partial charge on any atom is -0.399 e. The first-order chi connectivity index (χ1) is 9.37. The van der Waals surface area contributed by atoms with Crippen molar-refractivity contribution < 1.29 is 13.2 Å². The molecule has 1 aliphatic rings. The van der Waals surface area contributed by atoms with E-state index in [4.69, 9.17) is 5.73 Å². The van der Waals surface area contributed by atoms with Crippen LogP contribution in [0.15, 0.2) is 23.1 Å². The molecule has 0 spiro atoms. The molecule has 6 nitrogen and oxygen atoms in total. The molecule has 1 aromatic rings. The first kappa shape index (κ1) is 14.8. The second kappa shape index (κ2) is 5.41. The molecule has 1 atom stereocenters. The number of amides is 1. The summed E-state index contributed by atoms with van der Waals surface area (Å²) in [5, 5.41) is 2.66. The molecule has 3 N–H and O–H groups in total. The van der Waals surface area contributed by atoms with Gasteiger partial charge in [-0.3, -0.25) is 4.79 Å². The van der Waals surface area contributed by atoms with Crippen LogP contribution < -0.4 is 11.1 Å². The van der Waals surface area contributed by atoms with E-state index < -0.39 is 16.1 Å². The summed E-state index contributed by atoms with van der Waals surface area (Å²) in [4.78, 5) is 11.9. The Kier molecular flexibility index (Phi) is 4.01. The Bertz CT molecular complexity index is 628. The van der Waals surface area contributed by atoms with E-state index in [9.17, 15) is 13.2 Å². The van der Waals surface area contributed by atoms with Crippen LogP contribution >= 0.6 is 0 Å². The maximum absolute atomic E-state index is 12.8. The number of hydrogen-bond donors (Lipinski definition) is 2. The third-order valence-corrected chi connectivity index (χ3v) is 5.55. The van der Waals surface area contributed by atoms with Crippen LogP contribution in [0.4, 0.5) is 5.69 Å². The third kappa shape index (κ3) is 2.51. The molecule has 1 fully saturated rings. The van der Waals surface area contributed by atoms with Crippen LogP contribution in [0.1, 0.15) is 19.4 Å². The van der Waals surface area contributed by atoms with Gasteiger partial charge in [-0.1, -0.05) is 13.0 Å². The fourth-order valence-electron chi connectivity index (χ4n) is 2.32. The van der Waals surface area contributed by atoms with Gasteiger partial charge in [0.05, 0.1) is 4.90 Å². The lowest BCUT2D eigenvalue weighted by atomic mass is 10.1. The third-order valence-electron chi connectivity index (χ3n) is 3.50. The second-order valence-corrected chi connectivity index (χ2v) is 6.66. The van der Waals surface area contributed by atoms with E-state index in [2.05, 4.69) is 5.32 Å². The van der Waals surface area contributed by atoms with Crippen molar-refractivity contribution in [2.24, 2.45) is 0 Å². The predicted molar refractivity (Wildman–Crippen MR) is 76.6 cm³/mol. The van der Waals surface area contributed by atoms with Crippen LogP contribution in [0.3, 0.4) is 0 Å². The average molecular weight is 297 g/mol. The zero-order valence-electron chi connectivity index (χ0n) is 11.6. The molecule has 0 aliphatic carbocycles. The summed E-state index contributed by atoms with van der Waals surface area (Å²) in [7, 11) is -3.72. The van der Waals surface area contributed by atoms with Gasteiger partial charge in [0.1, 0.15) is 6.04 Å². The highest BCUT2D eigenvalue weighted by atomic mass is 32.2. The first-order valence-corrected chi connectivity index (χ1v) is 8.00. The number of rotatable bonds is 3. The molecule has 1 aromatic carbocycles. The van der Waals surface area contributed by atoms with Crippen LogP contribution in [-0.4, -0.2) is 37.8 Å². The quantitative estimate of drug-likeness (QED) is 0.787. The van der Waals surface area contributed by atoms with Gasteiger partial charge >= 0.3 is 0 Å². The van der Waals surface area contributed by atoms with E-state index in [0.717, 1.165) is 0 Å². The van der Waals surface area contributed by atoms with Crippen molar-refractivity contribution in [1.29, 1.82) is 0 Å². The molecule has 0 aromatic heterocycles. The Hall–Kier alpha value is -1.60. The molecule has 0 saturated carbocycles. The molecular formula is C13H19N3O3S. The summed E-state index contributed by atoms with van der Waals surface area (Å²) in [6.07, 6.45) is 0.587. The fourth-order valence-corrected chi connectivity index (χ4v) is 4.24. The number of benzene rings is 1. The number of nitrogens with two attached hydrogens (primary N) is 1. The number of nitrogen functional groups attached to an aromatic ring is 1. The van der Waals surface area contributed by atoms with Crippen LogP contribution in [-0.2, 0) is 21.2 Å². The minimum absolute atomic E-state index is 0.196. The van der Waals surface area contributed by atoms with Crippen molar-refractivity contribution in [3.8, 4) is 0 Å². The Labute approximate surface area is 119 Å². The van der Waals surface area contributed by atoms with Crippen molar-refractivity contribution >= 4 is 21.6 Å². The number of sulfonamides is 1. The number of aryl methyl sites for hydroxylation is 1. The van der Waals surface area contributed by atoms with E-state index in [-0.39, 0.29) is 17.3 Å². The standard InChI is InChI=1S/C13H19N3O3S/c1-3-10-4-5-11(14)8-12(10)20(18,19)16-7-6-15-13(17)9(16)2/h4-5,8-9H,3,6-7,14H2,1-2H3,(H,15,17). The summed E-state index contributed by atoms with van der Waals surface area (Å²) in [5.74, 6) is -0.276. The van der Waals surface area contributed by atoms with E-state index >= 15 is 0 Å². The lowest BCUT2D eigenvalue weighted by molar-refractivity contribution is -0.126. The van der Waals surface area contributed by atoms with Crippen LogP contribution in [0.25, 0.3) is 0 Å². The van der Waals surface area contributed by atoms with Gasteiger partial charge in [0.15, 0.2) is 0 Å².